The largest absolute Gasteiger partial charge is 0.478 e. The molecule has 19 heavy (non-hydrogen) atoms. The van der Waals surface area contributed by atoms with Crippen molar-refractivity contribution < 1.29 is 19.1 Å². The number of rotatable bonds is 3. The number of amides is 1. The average molecular weight is 344 g/mol. The Balaban J connectivity index is 2.20. The lowest BCUT2D eigenvalue weighted by Crippen LogP contribution is -2.12. The van der Waals surface area contributed by atoms with Crippen molar-refractivity contribution >= 4 is 44.8 Å². The van der Waals surface area contributed by atoms with Crippen molar-refractivity contribution in [3.05, 3.63) is 50.4 Å². The molecule has 0 unspecified atom stereocenters. The topological polar surface area (TPSA) is 66.4 Å². The van der Waals surface area contributed by atoms with Crippen LogP contribution in [0.15, 0.2) is 33.4 Å². The van der Waals surface area contributed by atoms with Crippen LogP contribution in [0, 0.1) is 5.82 Å². The first-order chi connectivity index (χ1) is 8.97. The molecule has 0 saturated heterocycles. The van der Waals surface area contributed by atoms with E-state index in [0.717, 1.165) is 9.85 Å². The lowest BCUT2D eigenvalue weighted by atomic mass is 10.2. The third kappa shape index (κ3) is 3.18. The summed E-state index contributed by atoms with van der Waals surface area (Å²) >= 11 is 4.56. The number of benzene rings is 1. The van der Waals surface area contributed by atoms with Gasteiger partial charge in [0.2, 0.25) is 0 Å². The maximum absolute atomic E-state index is 13.6. The molecule has 0 aliphatic rings. The SMILES string of the molecule is O=C(O)c1ccc(NC(=O)c2csc(Br)c2)c(F)c1. The lowest BCUT2D eigenvalue weighted by Gasteiger charge is -2.05. The molecule has 0 bridgehead atoms. The molecule has 1 aromatic heterocycles. The highest BCUT2D eigenvalue weighted by Gasteiger charge is 2.13. The number of hydrogen-bond donors (Lipinski definition) is 2. The second-order valence-corrected chi connectivity index (χ2v) is 5.88. The summed E-state index contributed by atoms with van der Waals surface area (Å²) in [7, 11) is 0. The van der Waals surface area contributed by atoms with Crippen LogP contribution >= 0.6 is 27.3 Å². The van der Waals surface area contributed by atoms with Gasteiger partial charge in [0, 0.05) is 5.38 Å². The Morgan fingerprint density at radius 2 is 2.00 bits per heavy atom. The molecule has 0 atom stereocenters. The van der Waals surface area contributed by atoms with Crippen LogP contribution in [0.3, 0.4) is 0 Å². The van der Waals surface area contributed by atoms with Crippen LogP contribution in [0.2, 0.25) is 0 Å². The fraction of sp³-hybridized carbons (Fsp3) is 0. The van der Waals surface area contributed by atoms with Gasteiger partial charge in [-0.2, -0.15) is 0 Å². The fourth-order valence-electron chi connectivity index (χ4n) is 1.37. The van der Waals surface area contributed by atoms with E-state index in [-0.39, 0.29) is 11.3 Å². The minimum Gasteiger partial charge on any atom is -0.478 e. The van der Waals surface area contributed by atoms with Gasteiger partial charge in [0.1, 0.15) is 5.82 Å². The first kappa shape index (κ1) is 13.7. The van der Waals surface area contributed by atoms with Gasteiger partial charge in [-0.25, -0.2) is 9.18 Å². The zero-order chi connectivity index (χ0) is 14.0. The summed E-state index contributed by atoms with van der Waals surface area (Å²) in [5.74, 6) is -2.47. The second-order valence-electron chi connectivity index (χ2n) is 3.59. The summed E-state index contributed by atoms with van der Waals surface area (Å²) in [4.78, 5) is 22.4. The molecule has 98 valence electrons. The maximum atomic E-state index is 13.6. The zero-order valence-electron chi connectivity index (χ0n) is 9.31. The van der Waals surface area contributed by atoms with E-state index in [0.29, 0.717) is 5.56 Å². The number of hydrogen-bond acceptors (Lipinski definition) is 3. The predicted octanol–water partition coefficient (Wildman–Crippen LogP) is 3.60. The Labute approximate surface area is 120 Å². The van der Waals surface area contributed by atoms with Gasteiger partial charge in [-0.3, -0.25) is 4.79 Å². The van der Waals surface area contributed by atoms with Crippen molar-refractivity contribution in [2.75, 3.05) is 5.32 Å². The van der Waals surface area contributed by atoms with Crippen molar-refractivity contribution in [2.24, 2.45) is 0 Å². The number of carboxylic acids is 1. The second kappa shape index (κ2) is 5.50. The summed E-state index contributed by atoms with van der Waals surface area (Å²) in [5.41, 5.74) is 0.171. The van der Waals surface area contributed by atoms with Gasteiger partial charge in [-0.05, 0) is 40.2 Å². The first-order valence-corrected chi connectivity index (χ1v) is 6.73. The summed E-state index contributed by atoms with van der Waals surface area (Å²) in [6.45, 7) is 0. The Bertz CT molecular complexity index is 656. The minimum absolute atomic E-state index is 0.0580. The van der Waals surface area contributed by atoms with Crippen molar-refractivity contribution in [1.29, 1.82) is 0 Å². The highest BCUT2D eigenvalue weighted by atomic mass is 79.9. The number of halogens is 2. The van der Waals surface area contributed by atoms with E-state index in [1.165, 1.54) is 23.5 Å². The maximum Gasteiger partial charge on any atom is 0.335 e. The molecule has 1 amide bonds. The first-order valence-electron chi connectivity index (χ1n) is 5.05. The predicted molar refractivity (Wildman–Crippen MR) is 73.3 cm³/mol. The van der Waals surface area contributed by atoms with E-state index in [1.807, 2.05) is 0 Å². The van der Waals surface area contributed by atoms with Gasteiger partial charge in [-0.1, -0.05) is 0 Å². The van der Waals surface area contributed by atoms with E-state index in [2.05, 4.69) is 21.2 Å². The highest BCUT2D eigenvalue weighted by Crippen LogP contribution is 2.22. The van der Waals surface area contributed by atoms with E-state index in [4.69, 9.17) is 5.11 Å². The molecule has 1 aromatic carbocycles. The number of nitrogens with one attached hydrogen (secondary N) is 1. The van der Waals surface area contributed by atoms with Crippen molar-refractivity contribution in [3.63, 3.8) is 0 Å². The molecule has 0 aliphatic carbocycles. The third-order valence-electron chi connectivity index (χ3n) is 2.29. The molecule has 7 heteroatoms. The molecule has 0 fully saturated rings. The van der Waals surface area contributed by atoms with E-state index < -0.39 is 17.7 Å². The Morgan fingerprint density at radius 3 is 2.53 bits per heavy atom. The number of carbonyl (C=O) groups is 2. The van der Waals surface area contributed by atoms with Gasteiger partial charge in [0.15, 0.2) is 0 Å². The smallest absolute Gasteiger partial charge is 0.335 e. The van der Waals surface area contributed by atoms with Crippen LogP contribution < -0.4 is 5.32 Å². The highest BCUT2D eigenvalue weighted by molar-refractivity contribution is 9.11. The zero-order valence-corrected chi connectivity index (χ0v) is 11.7. The third-order valence-corrected chi connectivity index (χ3v) is 3.80. The number of aromatic carboxylic acids is 1. The van der Waals surface area contributed by atoms with Gasteiger partial charge >= 0.3 is 5.97 Å². The Hall–Kier alpha value is -1.73. The van der Waals surface area contributed by atoms with Crippen LogP contribution in [-0.2, 0) is 0 Å². The number of carboxylic acid groups (broad SMARTS) is 1. The number of thiophene rings is 1. The molecule has 0 spiro atoms. The Morgan fingerprint density at radius 1 is 1.26 bits per heavy atom. The van der Waals surface area contributed by atoms with Crippen LogP contribution in [0.25, 0.3) is 0 Å². The fourth-order valence-corrected chi connectivity index (χ4v) is 2.51. The van der Waals surface area contributed by atoms with Crippen LogP contribution in [0.5, 0.6) is 0 Å². The van der Waals surface area contributed by atoms with Crippen LogP contribution in [0.1, 0.15) is 20.7 Å². The van der Waals surface area contributed by atoms with E-state index in [9.17, 15) is 14.0 Å². The molecule has 2 N–H and O–H groups in total. The molecule has 2 aromatic rings. The summed E-state index contributed by atoms with van der Waals surface area (Å²) in [6.07, 6.45) is 0. The van der Waals surface area contributed by atoms with Crippen molar-refractivity contribution in [1.82, 2.24) is 0 Å². The normalized spacial score (nSPS) is 10.2. The van der Waals surface area contributed by atoms with Gasteiger partial charge in [0.05, 0.1) is 20.6 Å². The molecular formula is C12H7BrFNO3S. The molecule has 0 saturated carbocycles. The number of carbonyl (C=O) groups excluding carboxylic acids is 1. The molecule has 1 heterocycles. The minimum atomic E-state index is -1.22. The monoisotopic (exact) mass is 343 g/mol. The molecule has 4 nitrogen and oxygen atoms in total. The summed E-state index contributed by atoms with van der Waals surface area (Å²) < 4.78 is 14.4. The van der Waals surface area contributed by atoms with Gasteiger partial charge in [-0.15, -0.1) is 11.3 Å². The lowest BCUT2D eigenvalue weighted by molar-refractivity contribution is 0.0696. The quantitative estimate of drug-likeness (QED) is 0.894. The van der Waals surface area contributed by atoms with Crippen LogP contribution in [-0.4, -0.2) is 17.0 Å². The molecule has 0 radical (unpaired) electrons. The van der Waals surface area contributed by atoms with Crippen LogP contribution in [0.4, 0.5) is 10.1 Å². The van der Waals surface area contributed by atoms with Gasteiger partial charge in [0.25, 0.3) is 5.91 Å². The van der Waals surface area contributed by atoms with Crippen molar-refractivity contribution in [3.8, 4) is 0 Å². The van der Waals surface area contributed by atoms with Crippen molar-refractivity contribution in [2.45, 2.75) is 0 Å². The number of anilines is 1. The molecular weight excluding hydrogens is 337 g/mol. The van der Waals surface area contributed by atoms with E-state index in [1.54, 1.807) is 11.4 Å². The molecule has 2 rings (SSSR count). The molecule has 0 aliphatic heterocycles. The Kier molecular flexibility index (Phi) is 3.96. The van der Waals surface area contributed by atoms with Gasteiger partial charge < -0.3 is 10.4 Å². The average Bonchev–Trinajstić information content (AvgIpc) is 2.78. The summed E-state index contributed by atoms with van der Waals surface area (Å²) in [6, 6.07) is 4.92. The standard InChI is InChI=1S/C12H7BrFNO3S/c13-10-4-7(5-19-10)11(16)15-9-2-1-6(12(17)18)3-8(9)14/h1-5H,(H,15,16)(H,17,18). The van der Waals surface area contributed by atoms with E-state index >= 15 is 0 Å². The summed E-state index contributed by atoms with van der Waals surface area (Å²) in [5, 5.41) is 12.7.